The van der Waals surface area contributed by atoms with Gasteiger partial charge >= 0.3 is 0 Å². The number of anilines is 1. The molecule has 0 bridgehead atoms. The molecule has 0 spiro atoms. The van der Waals surface area contributed by atoms with Gasteiger partial charge in [0, 0.05) is 11.1 Å². The van der Waals surface area contributed by atoms with Crippen LogP contribution < -0.4 is 5.73 Å². The highest BCUT2D eigenvalue weighted by Crippen LogP contribution is 2.30. The van der Waals surface area contributed by atoms with Gasteiger partial charge in [-0.25, -0.2) is 9.37 Å². The molecule has 2 N–H and O–H groups in total. The van der Waals surface area contributed by atoms with Crippen molar-refractivity contribution in [3.8, 4) is 5.69 Å². The van der Waals surface area contributed by atoms with Crippen LogP contribution in [0.4, 0.5) is 10.3 Å². The van der Waals surface area contributed by atoms with Crippen molar-refractivity contribution in [1.29, 1.82) is 0 Å². The van der Waals surface area contributed by atoms with E-state index in [1.54, 1.807) is 28.8 Å². The average Bonchev–Trinajstić information content (AvgIpc) is 2.67. The maximum Gasteiger partial charge on any atom is 0.205 e. The van der Waals surface area contributed by atoms with E-state index in [4.69, 9.17) is 28.9 Å². The van der Waals surface area contributed by atoms with E-state index < -0.39 is 0 Å². The van der Waals surface area contributed by atoms with Gasteiger partial charge in [-0.3, -0.25) is 4.57 Å². The molecule has 6 heteroatoms. The van der Waals surface area contributed by atoms with Gasteiger partial charge < -0.3 is 5.73 Å². The smallest absolute Gasteiger partial charge is 0.205 e. The van der Waals surface area contributed by atoms with Crippen molar-refractivity contribution >= 4 is 40.2 Å². The second kappa shape index (κ2) is 4.40. The van der Waals surface area contributed by atoms with Crippen molar-refractivity contribution in [2.45, 2.75) is 0 Å². The van der Waals surface area contributed by atoms with Crippen LogP contribution in [0, 0.1) is 5.82 Å². The molecule has 0 radical (unpaired) electrons. The number of fused-ring (bicyclic) bond motifs is 1. The second-order valence-electron chi connectivity index (χ2n) is 4.03. The van der Waals surface area contributed by atoms with E-state index >= 15 is 0 Å². The molecule has 2 aromatic carbocycles. The molecule has 0 unspecified atom stereocenters. The van der Waals surface area contributed by atoms with Gasteiger partial charge in [0.05, 0.1) is 21.7 Å². The first kappa shape index (κ1) is 12.3. The number of imidazole rings is 1. The highest BCUT2D eigenvalue weighted by molar-refractivity contribution is 6.34. The van der Waals surface area contributed by atoms with Crippen molar-refractivity contribution in [2.24, 2.45) is 0 Å². The Morgan fingerprint density at radius 2 is 1.89 bits per heavy atom. The Kier molecular flexibility index (Phi) is 2.84. The summed E-state index contributed by atoms with van der Waals surface area (Å²) >= 11 is 12.1. The molecular weight excluding hydrogens is 288 g/mol. The van der Waals surface area contributed by atoms with Gasteiger partial charge in [-0.05, 0) is 30.3 Å². The number of halogens is 3. The van der Waals surface area contributed by atoms with Gasteiger partial charge in [-0.1, -0.05) is 23.2 Å². The summed E-state index contributed by atoms with van der Waals surface area (Å²) in [7, 11) is 0. The summed E-state index contributed by atoms with van der Waals surface area (Å²) < 4.78 is 14.8. The third-order valence-electron chi connectivity index (χ3n) is 2.79. The Morgan fingerprint density at radius 3 is 2.68 bits per heavy atom. The molecule has 19 heavy (non-hydrogen) atoms. The quantitative estimate of drug-likeness (QED) is 0.736. The van der Waals surface area contributed by atoms with Crippen LogP contribution in [-0.2, 0) is 0 Å². The lowest BCUT2D eigenvalue weighted by Gasteiger charge is -2.09. The van der Waals surface area contributed by atoms with Gasteiger partial charge in [-0.15, -0.1) is 0 Å². The van der Waals surface area contributed by atoms with Crippen molar-refractivity contribution in [3.63, 3.8) is 0 Å². The first-order valence-corrected chi connectivity index (χ1v) is 6.21. The van der Waals surface area contributed by atoms with Gasteiger partial charge in [-0.2, -0.15) is 0 Å². The Morgan fingerprint density at radius 1 is 1.11 bits per heavy atom. The fourth-order valence-corrected chi connectivity index (χ4v) is 2.35. The summed E-state index contributed by atoms with van der Waals surface area (Å²) in [6.07, 6.45) is 0. The van der Waals surface area contributed by atoms with E-state index in [9.17, 15) is 4.39 Å². The van der Waals surface area contributed by atoms with E-state index in [1.165, 1.54) is 12.1 Å². The van der Waals surface area contributed by atoms with Crippen molar-refractivity contribution in [1.82, 2.24) is 9.55 Å². The van der Waals surface area contributed by atoms with E-state index in [0.717, 1.165) is 0 Å². The minimum atomic E-state index is -0.366. The Bertz CT molecular complexity index is 783. The summed E-state index contributed by atoms with van der Waals surface area (Å²) in [5.74, 6) is -0.140. The zero-order chi connectivity index (χ0) is 13.6. The van der Waals surface area contributed by atoms with Crippen LogP contribution in [0.25, 0.3) is 16.7 Å². The molecule has 0 saturated carbocycles. The molecular formula is C13H8Cl2FN3. The summed E-state index contributed by atoms with van der Waals surface area (Å²) in [5.41, 5.74) is 7.63. The highest BCUT2D eigenvalue weighted by Gasteiger charge is 2.13. The number of hydrogen-bond acceptors (Lipinski definition) is 2. The Hall–Kier alpha value is -1.78. The fraction of sp³-hybridized carbons (Fsp3) is 0. The van der Waals surface area contributed by atoms with Crippen LogP contribution >= 0.6 is 23.2 Å². The van der Waals surface area contributed by atoms with Crippen molar-refractivity contribution in [3.05, 3.63) is 52.3 Å². The summed E-state index contributed by atoms with van der Waals surface area (Å²) in [6.45, 7) is 0. The molecule has 3 rings (SSSR count). The maximum absolute atomic E-state index is 13.2. The third kappa shape index (κ3) is 2.03. The number of hydrogen-bond donors (Lipinski definition) is 1. The Balaban J connectivity index is 2.36. The number of nitrogens with two attached hydrogens (primary N) is 1. The first-order valence-electron chi connectivity index (χ1n) is 5.45. The van der Waals surface area contributed by atoms with Crippen LogP contribution in [0.3, 0.4) is 0 Å². The Labute approximate surface area is 118 Å². The minimum Gasteiger partial charge on any atom is -0.369 e. The standard InChI is InChI=1S/C13H8Cl2FN3/c14-7-1-3-9(15)12(5-7)19-11-4-2-8(16)6-10(11)18-13(19)17/h1-6H,(H2,17,18). The van der Waals surface area contributed by atoms with E-state index in [1.807, 2.05) is 0 Å². The van der Waals surface area contributed by atoms with Gasteiger partial charge in [0.2, 0.25) is 5.95 Å². The van der Waals surface area contributed by atoms with E-state index in [2.05, 4.69) is 4.98 Å². The number of benzene rings is 2. The van der Waals surface area contributed by atoms with Crippen LogP contribution in [0.15, 0.2) is 36.4 Å². The molecule has 0 aliphatic rings. The highest BCUT2D eigenvalue weighted by atomic mass is 35.5. The summed E-state index contributed by atoms with van der Waals surface area (Å²) in [6, 6.07) is 9.31. The fourth-order valence-electron chi connectivity index (χ4n) is 1.98. The normalized spacial score (nSPS) is 11.1. The van der Waals surface area contributed by atoms with E-state index in [0.29, 0.717) is 26.8 Å². The molecule has 96 valence electrons. The molecule has 0 atom stereocenters. The second-order valence-corrected chi connectivity index (χ2v) is 4.88. The number of aromatic nitrogens is 2. The predicted molar refractivity (Wildman–Crippen MR) is 75.5 cm³/mol. The minimum absolute atomic E-state index is 0.227. The maximum atomic E-state index is 13.2. The molecule has 3 aromatic rings. The average molecular weight is 296 g/mol. The molecule has 0 fully saturated rings. The lowest BCUT2D eigenvalue weighted by atomic mass is 10.2. The van der Waals surface area contributed by atoms with Gasteiger partial charge in [0.15, 0.2) is 0 Å². The number of nitrogens with zero attached hydrogens (tertiary/aromatic N) is 2. The van der Waals surface area contributed by atoms with Crippen molar-refractivity contribution < 1.29 is 4.39 Å². The molecule has 1 aromatic heterocycles. The molecule has 0 amide bonds. The predicted octanol–water partition coefficient (Wildman–Crippen LogP) is 4.05. The van der Waals surface area contributed by atoms with Crippen LogP contribution in [0.2, 0.25) is 10.0 Å². The zero-order valence-electron chi connectivity index (χ0n) is 9.57. The molecule has 0 aliphatic heterocycles. The summed E-state index contributed by atoms with van der Waals surface area (Å²) in [5, 5.41) is 1.02. The lowest BCUT2D eigenvalue weighted by molar-refractivity contribution is 0.629. The topological polar surface area (TPSA) is 43.8 Å². The first-order chi connectivity index (χ1) is 9.06. The van der Waals surface area contributed by atoms with Crippen LogP contribution in [0.1, 0.15) is 0 Å². The van der Waals surface area contributed by atoms with Gasteiger partial charge in [0.1, 0.15) is 5.82 Å². The van der Waals surface area contributed by atoms with Crippen LogP contribution in [-0.4, -0.2) is 9.55 Å². The number of nitrogen functional groups attached to an aromatic ring is 1. The molecule has 1 heterocycles. The molecule has 0 aliphatic carbocycles. The van der Waals surface area contributed by atoms with Crippen molar-refractivity contribution in [2.75, 3.05) is 5.73 Å². The van der Waals surface area contributed by atoms with Gasteiger partial charge in [0.25, 0.3) is 0 Å². The summed E-state index contributed by atoms with van der Waals surface area (Å²) in [4.78, 5) is 4.12. The monoisotopic (exact) mass is 295 g/mol. The third-order valence-corrected chi connectivity index (χ3v) is 3.35. The largest absolute Gasteiger partial charge is 0.369 e. The molecule has 0 saturated heterocycles. The SMILES string of the molecule is Nc1nc2cc(F)ccc2n1-c1cc(Cl)ccc1Cl. The lowest BCUT2D eigenvalue weighted by Crippen LogP contribution is -2.01. The zero-order valence-corrected chi connectivity index (χ0v) is 11.1. The molecule has 3 nitrogen and oxygen atoms in total. The number of rotatable bonds is 1. The van der Waals surface area contributed by atoms with E-state index in [-0.39, 0.29) is 11.8 Å². The van der Waals surface area contributed by atoms with Crippen LogP contribution in [0.5, 0.6) is 0 Å².